The molecule has 1 aliphatic heterocycles. The Bertz CT molecular complexity index is 112. The fraction of sp³-hybridized carbons (Fsp3) is 1.00. The van der Waals surface area contributed by atoms with Crippen molar-refractivity contribution in [1.82, 2.24) is 10.0 Å². The summed E-state index contributed by atoms with van der Waals surface area (Å²) in [6, 6.07) is 0.769. The first-order valence-corrected chi connectivity index (χ1v) is 4.07. The van der Waals surface area contributed by atoms with Crippen LogP contribution < -0.4 is 0 Å². The van der Waals surface area contributed by atoms with E-state index < -0.39 is 0 Å². The van der Waals surface area contributed by atoms with E-state index in [1.165, 1.54) is 13.0 Å². The van der Waals surface area contributed by atoms with Gasteiger partial charge in [0, 0.05) is 26.7 Å². The molecule has 1 heterocycles. The second-order valence-electron chi connectivity index (χ2n) is 3.55. The van der Waals surface area contributed by atoms with Gasteiger partial charge in [0.1, 0.15) is 0 Å². The Balaban J connectivity index is 2.49. The van der Waals surface area contributed by atoms with E-state index in [1.54, 1.807) is 0 Å². The van der Waals surface area contributed by atoms with Crippen LogP contribution in [0, 0.1) is 5.92 Å². The molecule has 0 amide bonds. The zero-order valence-corrected chi connectivity index (χ0v) is 7.46. The maximum atomic E-state index is 2.35. The highest BCUT2D eigenvalue weighted by molar-refractivity contribution is 4.77. The molecule has 1 fully saturated rings. The van der Waals surface area contributed by atoms with Crippen LogP contribution in [-0.4, -0.2) is 36.7 Å². The summed E-state index contributed by atoms with van der Waals surface area (Å²) in [5, 5.41) is 4.65. The van der Waals surface area contributed by atoms with Gasteiger partial charge in [-0.2, -0.15) is 0 Å². The zero-order valence-electron chi connectivity index (χ0n) is 7.46. The van der Waals surface area contributed by atoms with Crippen LogP contribution in [0.5, 0.6) is 0 Å². The third kappa shape index (κ3) is 1.32. The molecule has 2 nitrogen and oxygen atoms in total. The van der Waals surface area contributed by atoms with E-state index in [9.17, 15) is 0 Å². The topological polar surface area (TPSA) is 6.48 Å². The van der Waals surface area contributed by atoms with Crippen LogP contribution in [0.4, 0.5) is 0 Å². The number of rotatable bonds is 1. The van der Waals surface area contributed by atoms with Crippen LogP contribution in [0.25, 0.3) is 0 Å². The summed E-state index contributed by atoms with van der Waals surface area (Å²) < 4.78 is 0. The van der Waals surface area contributed by atoms with E-state index >= 15 is 0 Å². The molecular formula is C8H18N2. The fourth-order valence-electron chi connectivity index (χ4n) is 1.68. The molecule has 1 aliphatic rings. The van der Waals surface area contributed by atoms with Crippen molar-refractivity contribution in [3.8, 4) is 0 Å². The lowest BCUT2D eigenvalue weighted by atomic mass is 10.0. The van der Waals surface area contributed by atoms with Crippen molar-refractivity contribution >= 4 is 0 Å². The molecule has 0 aromatic rings. The summed E-state index contributed by atoms with van der Waals surface area (Å²) in [5.41, 5.74) is 0. The lowest BCUT2D eigenvalue weighted by molar-refractivity contribution is 0.0371. The SMILES string of the molecule is CC(C)C1CCN(C)N1C. The minimum absolute atomic E-state index is 0.769. The second-order valence-corrected chi connectivity index (χ2v) is 3.55. The third-order valence-electron chi connectivity index (χ3n) is 2.54. The Kier molecular flexibility index (Phi) is 2.32. The van der Waals surface area contributed by atoms with E-state index in [2.05, 4.69) is 38.0 Å². The first kappa shape index (κ1) is 8.02. The summed E-state index contributed by atoms with van der Waals surface area (Å²) in [5.74, 6) is 0.787. The molecule has 1 rings (SSSR count). The Hall–Kier alpha value is -0.0800. The first-order chi connectivity index (χ1) is 4.63. The molecule has 0 saturated carbocycles. The fourth-order valence-corrected chi connectivity index (χ4v) is 1.68. The van der Waals surface area contributed by atoms with Gasteiger partial charge in [0.15, 0.2) is 0 Å². The van der Waals surface area contributed by atoms with Crippen molar-refractivity contribution in [2.75, 3.05) is 20.6 Å². The summed E-state index contributed by atoms with van der Waals surface area (Å²) in [6.07, 6.45) is 1.32. The van der Waals surface area contributed by atoms with Crippen LogP contribution in [0.2, 0.25) is 0 Å². The van der Waals surface area contributed by atoms with Gasteiger partial charge in [0.25, 0.3) is 0 Å². The van der Waals surface area contributed by atoms with Crippen molar-refractivity contribution in [2.45, 2.75) is 26.3 Å². The molecule has 1 atom stereocenters. The van der Waals surface area contributed by atoms with Gasteiger partial charge >= 0.3 is 0 Å². The maximum absolute atomic E-state index is 2.35. The van der Waals surface area contributed by atoms with Crippen molar-refractivity contribution in [3.63, 3.8) is 0 Å². The van der Waals surface area contributed by atoms with E-state index in [0.29, 0.717) is 0 Å². The predicted octanol–water partition coefficient (Wildman–Crippen LogP) is 1.19. The van der Waals surface area contributed by atoms with Gasteiger partial charge in [-0.05, 0) is 12.3 Å². The normalized spacial score (nSPS) is 30.3. The first-order valence-electron chi connectivity index (χ1n) is 4.07. The predicted molar refractivity (Wildman–Crippen MR) is 43.6 cm³/mol. The molecule has 0 bridgehead atoms. The molecule has 0 radical (unpaired) electrons. The van der Waals surface area contributed by atoms with Gasteiger partial charge in [-0.15, -0.1) is 0 Å². The second kappa shape index (κ2) is 2.89. The highest BCUT2D eigenvalue weighted by Crippen LogP contribution is 2.20. The Morgan fingerprint density at radius 1 is 1.30 bits per heavy atom. The average molecular weight is 142 g/mol. The summed E-state index contributed by atoms with van der Waals surface area (Å²) >= 11 is 0. The number of hydrogen-bond donors (Lipinski definition) is 0. The van der Waals surface area contributed by atoms with E-state index in [0.717, 1.165) is 12.0 Å². The molecule has 0 N–H and O–H groups in total. The molecule has 10 heavy (non-hydrogen) atoms. The van der Waals surface area contributed by atoms with Crippen LogP contribution >= 0.6 is 0 Å². The highest BCUT2D eigenvalue weighted by Gasteiger charge is 2.27. The monoisotopic (exact) mass is 142 g/mol. The van der Waals surface area contributed by atoms with Crippen molar-refractivity contribution in [3.05, 3.63) is 0 Å². The molecule has 0 aromatic carbocycles. The summed E-state index contributed by atoms with van der Waals surface area (Å²) in [7, 11) is 4.33. The standard InChI is InChI=1S/C8H18N2/c1-7(2)8-5-6-9(3)10(8)4/h7-8H,5-6H2,1-4H3. The summed E-state index contributed by atoms with van der Waals surface area (Å²) in [4.78, 5) is 0. The van der Waals surface area contributed by atoms with Gasteiger partial charge in [-0.25, -0.2) is 10.0 Å². The zero-order chi connectivity index (χ0) is 7.72. The van der Waals surface area contributed by atoms with Crippen LogP contribution in [0.1, 0.15) is 20.3 Å². The molecule has 1 unspecified atom stereocenters. The summed E-state index contributed by atoms with van der Waals surface area (Å²) in [6.45, 7) is 5.81. The molecule has 0 aromatic heterocycles. The molecular weight excluding hydrogens is 124 g/mol. The Morgan fingerprint density at radius 3 is 2.10 bits per heavy atom. The molecule has 1 saturated heterocycles. The van der Waals surface area contributed by atoms with Gasteiger partial charge in [-0.1, -0.05) is 13.8 Å². The highest BCUT2D eigenvalue weighted by atomic mass is 15.6. The van der Waals surface area contributed by atoms with Crippen molar-refractivity contribution in [2.24, 2.45) is 5.92 Å². The molecule has 60 valence electrons. The van der Waals surface area contributed by atoms with Crippen molar-refractivity contribution in [1.29, 1.82) is 0 Å². The number of hydrogen-bond acceptors (Lipinski definition) is 2. The third-order valence-corrected chi connectivity index (χ3v) is 2.54. The Morgan fingerprint density at radius 2 is 1.90 bits per heavy atom. The lowest BCUT2D eigenvalue weighted by Crippen LogP contribution is -2.37. The van der Waals surface area contributed by atoms with E-state index in [-0.39, 0.29) is 0 Å². The van der Waals surface area contributed by atoms with Gasteiger partial charge < -0.3 is 0 Å². The number of nitrogens with zero attached hydrogens (tertiary/aromatic N) is 2. The Labute approximate surface area is 63.8 Å². The quantitative estimate of drug-likeness (QED) is 0.542. The lowest BCUT2D eigenvalue weighted by Gasteiger charge is -2.27. The van der Waals surface area contributed by atoms with Crippen LogP contribution in [-0.2, 0) is 0 Å². The van der Waals surface area contributed by atoms with E-state index in [4.69, 9.17) is 0 Å². The van der Waals surface area contributed by atoms with E-state index in [1.807, 2.05) is 0 Å². The van der Waals surface area contributed by atoms with Gasteiger partial charge in [0.05, 0.1) is 0 Å². The molecule has 0 aliphatic carbocycles. The van der Waals surface area contributed by atoms with Crippen LogP contribution in [0.15, 0.2) is 0 Å². The van der Waals surface area contributed by atoms with Gasteiger partial charge in [0.2, 0.25) is 0 Å². The van der Waals surface area contributed by atoms with Crippen LogP contribution in [0.3, 0.4) is 0 Å². The average Bonchev–Trinajstić information content (AvgIpc) is 2.14. The molecule has 2 heteroatoms. The largest absolute Gasteiger partial charge is 0.245 e. The van der Waals surface area contributed by atoms with Crippen molar-refractivity contribution < 1.29 is 0 Å². The minimum Gasteiger partial charge on any atom is -0.245 e. The maximum Gasteiger partial charge on any atom is 0.0278 e. The van der Waals surface area contributed by atoms with Gasteiger partial charge in [-0.3, -0.25) is 0 Å². The molecule has 0 spiro atoms. The smallest absolute Gasteiger partial charge is 0.0278 e. The minimum atomic E-state index is 0.769. The number of hydrazine groups is 1.